The average Bonchev–Trinajstić information content (AvgIpc) is 2.70. The summed E-state index contributed by atoms with van der Waals surface area (Å²) in [4.78, 5) is 11.0. The van der Waals surface area contributed by atoms with E-state index in [1.165, 1.54) is 6.92 Å². The lowest BCUT2D eigenvalue weighted by molar-refractivity contribution is -0.150. The number of carbonyl (C=O) groups is 1. The maximum atomic E-state index is 11.0. The van der Waals surface area contributed by atoms with Gasteiger partial charge in [0, 0.05) is 18.8 Å². The van der Waals surface area contributed by atoms with Crippen molar-refractivity contribution in [3.63, 3.8) is 0 Å². The fourth-order valence-corrected chi connectivity index (χ4v) is 3.90. The molecule has 2 rings (SSSR count). The molecular formula is C13H22O3. The van der Waals surface area contributed by atoms with E-state index in [-0.39, 0.29) is 28.7 Å². The summed E-state index contributed by atoms with van der Waals surface area (Å²) in [5, 5.41) is 0. The third-order valence-electron chi connectivity index (χ3n) is 4.49. The van der Waals surface area contributed by atoms with Crippen molar-refractivity contribution in [3.05, 3.63) is 0 Å². The van der Waals surface area contributed by atoms with Gasteiger partial charge in [0.25, 0.3) is 0 Å². The highest BCUT2D eigenvalue weighted by atomic mass is 16.6. The molecule has 2 aliphatic rings. The van der Waals surface area contributed by atoms with Crippen LogP contribution in [0.2, 0.25) is 0 Å². The van der Waals surface area contributed by atoms with Crippen LogP contribution in [0.1, 0.15) is 53.9 Å². The summed E-state index contributed by atoms with van der Waals surface area (Å²) in [5.41, 5.74) is -0.0187. The summed E-state index contributed by atoms with van der Waals surface area (Å²) in [7, 11) is 0. The van der Waals surface area contributed by atoms with Crippen molar-refractivity contribution in [2.24, 2.45) is 5.41 Å². The van der Waals surface area contributed by atoms with Crippen LogP contribution in [-0.4, -0.2) is 23.3 Å². The third-order valence-corrected chi connectivity index (χ3v) is 4.49. The maximum absolute atomic E-state index is 11.0. The van der Waals surface area contributed by atoms with E-state index in [9.17, 15) is 4.79 Å². The van der Waals surface area contributed by atoms with E-state index in [4.69, 9.17) is 9.47 Å². The lowest BCUT2D eigenvalue weighted by atomic mass is 9.62. The summed E-state index contributed by atoms with van der Waals surface area (Å²) in [6.07, 6.45) is 2.78. The molecule has 0 radical (unpaired) electrons. The van der Waals surface area contributed by atoms with Crippen LogP contribution in [0.4, 0.5) is 0 Å². The van der Waals surface area contributed by atoms with Crippen LogP contribution in [0.15, 0.2) is 0 Å². The van der Waals surface area contributed by atoms with Crippen molar-refractivity contribution in [2.45, 2.75) is 71.2 Å². The van der Waals surface area contributed by atoms with Crippen LogP contribution in [0.5, 0.6) is 0 Å². The summed E-state index contributed by atoms with van der Waals surface area (Å²) in [6, 6.07) is 0. The van der Waals surface area contributed by atoms with Gasteiger partial charge in [-0.15, -0.1) is 0 Å². The van der Waals surface area contributed by atoms with Crippen LogP contribution in [0.25, 0.3) is 0 Å². The van der Waals surface area contributed by atoms with E-state index in [1.807, 2.05) is 0 Å². The molecule has 0 amide bonds. The Morgan fingerprint density at radius 1 is 1.38 bits per heavy atom. The fourth-order valence-electron chi connectivity index (χ4n) is 3.90. The lowest BCUT2D eigenvalue weighted by Crippen LogP contribution is -2.47. The Morgan fingerprint density at radius 2 is 2.00 bits per heavy atom. The van der Waals surface area contributed by atoms with Gasteiger partial charge in [0.1, 0.15) is 11.7 Å². The second-order valence-electron chi connectivity index (χ2n) is 6.04. The molecule has 2 fully saturated rings. The average molecular weight is 226 g/mol. The molecule has 0 aromatic heterocycles. The van der Waals surface area contributed by atoms with E-state index in [0.29, 0.717) is 0 Å². The molecule has 0 N–H and O–H groups in total. The Hall–Kier alpha value is -0.570. The largest absolute Gasteiger partial charge is 0.462 e. The molecule has 3 heteroatoms. The highest BCUT2D eigenvalue weighted by Gasteiger charge is 2.75. The predicted molar refractivity (Wildman–Crippen MR) is 61.1 cm³/mol. The summed E-state index contributed by atoms with van der Waals surface area (Å²) < 4.78 is 11.4. The van der Waals surface area contributed by atoms with Crippen molar-refractivity contribution in [2.75, 3.05) is 0 Å². The number of carbonyl (C=O) groups excluding carboxylic acids is 1. The first-order valence-electron chi connectivity index (χ1n) is 6.14. The van der Waals surface area contributed by atoms with Gasteiger partial charge in [0.15, 0.2) is 0 Å². The van der Waals surface area contributed by atoms with Crippen molar-refractivity contribution in [3.8, 4) is 0 Å². The van der Waals surface area contributed by atoms with Gasteiger partial charge in [-0.25, -0.2) is 0 Å². The van der Waals surface area contributed by atoms with Crippen LogP contribution < -0.4 is 0 Å². The van der Waals surface area contributed by atoms with Crippen LogP contribution in [0.3, 0.4) is 0 Å². The number of rotatable bonds is 2. The van der Waals surface area contributed by atoms with E-state index in [2.05, 4.69) is 27.7 Å². The molecule has 1 saturated heterocycles. The van der Waals surface area contributed by atoms with Gasteiger partial charge in [-0.2, -0.15) is 0 Å². The number of epoxide rings is 1. The molecule has 3 nitrogen and oxygen atoms in total. The standard InChI is InChI=1S/C13H22O3/c1-6-13-11(3,4)7-10(15-9(2)14)8-12(13,5)16-13/h10H,6-8H2,1-5H3/t10-,12+,13?/m0/s1. The molecule has 0 bridgehead atoms. The lowest BCUT2D eigenvalue weighted by Gasteiger charge is -2.41. The molecule has 3 atom stereocenters. The smallest absolute Gasteiger partial charge is 0.302 e. The fraction of sp³-hybridized carbons (Fsp3) is 0.923. The molecule has 0 aromatic rings. The Kier molecular flexibility index (Phi) is 2.40. The van der Waals surface area contributed by atoms with Gasteiger partial charge in [0.05, 0.1) is 5.60 Å². The normalized spacial score (nSPS) is 44.7. The van der Waals surface area contributed by atoms with Gasteiger partial charge >= 0.3 is 5.97 Å². The molecule has 0 spiro atoms. The number of hydrogen-bond donors (Lipinski definition) is 0. The van der Waals surface area contributed by atoms with Gasteiger partial charge in [-0.05, 0) is 19.8 Å². The zero-order chi connectivity index (χ0) is 12.2. The van der Waals surface area contributed by atoms with E-state index >= 15 is 0 Å². The quantitative estimate of drug-likeness (QED) is 0.536. The SMILES string of the molecule is CCC12O[C@]1(C)C[C@@H](OC(C)=O)CC2(C)C. The highest BCUT2D eigenvalue weighted by molar-refractivity contribution is 5.66. The topological polar surface area (TPSA) is 38.8 Å². The molecule has 1 heterocycles. The van der Waals surface area contributed by atoms with Crippen molar-refractivity contribution < 1.29 is 14.3 Å². The minimum Gasteiger partial charge on any atom is -0.462 e. The molecule has 16 heavy (non-hydrogen) atoms. The first kappa shape index (κ1) is 11.9. The molecule has 1 unspecified atom stereocenters. The van der Waals surface area contributed by atoms with Gasteiger partial charge in [-0.3, -0.25) is 4.79 Å². The Bertz CT molecular complexity index is 323. The van der Waals surface area contributed by atoms with Crippen LogP contribution in [-0.2, 0) is 14.3 Å². The van der Waals surface area contributed by atoms with E-state index in [0.717, 1.165) is 19.3 Å². The van der Waals surface area contributed by atoms with E-state index < -0.39 is 0 Å². The van der Waals surface area contributed by atoms with Crippen molar-refractivity contribution >= 4 is 5.97 Å². The van der Waals surface area contributed by atoms with Gasteiger partial charge < -0.3 is 9.47 Å². The first-order valence-corrected chi connectivity index (χ1v) is 6.14. The zero-order valence-electron chi connectivity index (χ0n) is 10.9. The second kappa shape index (κ2) is 3.22. The minimum absolute atomic E-state index is 0.00332. The predicted octanol–water partition coefficient (Wildman–Crippen LogP) is 2.68. The summed E-state index contributed by atoms with van der Waals surface area (Å²) in [5.74, 6) is -0.186. The van der Waals surface area contributed by atoms with Crippen LogP contribution in [0, 0.1) is 5.41 Å². The third kappa shape index (κ3) is 1.41. The molecule has 1 saturated carbocycles. The summed E-state index contributed by atoms with van der Waals surface area (Å²) in [6.45, 7) is 10.2. The van der Waals surface area contributed by atoms with E-state index in [1.54, 1.807) is 0 Å². The second-order valence-corrected chi connectivity index (χ2v) is 6.04. The van der Waals surface area contributed by atoms with Gasteiger partial charge in [0.2, 0.25) is 0 Å². The van der Waals surface area contributed by atoms with Crippen molar-refractivity contribution in [1.82, 2.24) is 0 Å². The number of hydrogen-bond acceptors (Lipinski definition) is 3. The molecular weight excluding hydrogens is 204 g/mol. The Balaban J connectivity index is 2.18. The molecule has 1 aliphatic heterocycles. The number of fused-ring (bicyclic) bond motifs is 1. The first-order chi connectivity index (χ1) is 7.26. The molecule has 92 valence electrons. The maximum Gasteiger partial charge on any atom is 0.302 e. The highest BCUT2D eigenvalue weighted by Crippen LogP contribution is 2.67. The summed E-state index contributed by atoms with van der Waals surface area (Å²) >= 11 is 0. The minimum atomic E-state index is -0.186. The number of ether oxygens (including phenoxy) is 2. The van der Waals surface area contributed by atoms with Crippen molar-refractivity contribution in [1.29, 1.82) is 0 Å². The molecule has 1 aliphatic carbocycles. The van der Waals surface area contributed by atoms with Crippen LogP contribution >= 0.6 is 0 Å². The monoisotopic (exact) mass is 226 g/mol. The van der Waals surface area contributed by atoms with Gasteiger partial charge in [-0.1, -0.05) is 20.8 Å². The molecule has 0 aromatic carbocycles. The zero-order valence-corrected chi connectivity index (χ0v) is 10.9. The Labute approximate surface area is 97.5 Å². The number of esters is 1. The Morgan fingerprint density at radius 3 is 2.44 bits per heavy atom.